The molecular formula is C14H23N3. The highest BCUT2D eigenvalue weighted by Gasteiger charge is 2.29. The lowest BCUT2D eigenvalue weighted by Gasteiger charge is -2.22. The van der Waals surface area contributed by atoms with Gasteiger partial charge in [0.1, 0.15) is 5.82 Å². The molecule has 0 amide bonds. The van der Waals surface area contributed by atoms with Gasteiger partial charge in [0, 0.05) is 25.3 Å². The Bertz CT molecular complexity index is 330. The molecule has 2 rings (SSSR count). The number of anilines is 1. The second-order valence-corrected chi connectivity index (χ2v) is 4.73. The van der Waals surface area contributed by atoms with Crippen molar-refractivity contribution < 1.29 is 0 Å². The predicted molar refractivity (Wildman–Crippen MR) is 72.3 cm³/mol. The van der Waals surface area contributed by atoms with E-state index in [1.54, 1.807) is 0 Å². The SMILES string of the molecule is CCCN(c1ccc(CNCC)cn1)C1CC1. The van der Waals surface area contributed by atoms with Crippen molar-refractivity contribution in [1.82, 2.24) is 10.3 Å². The van der Waals surface area contributed by atoms with Crippen LogP contribution in [0, 0.1) is 0 Å². The lowest BCUT2D eigenvalue weighted by atomic mass is 10.2. The number of rotatable bonds is 7. The first kappa shape index (κ1) is 12.4. The molecule has 1 aliphatic rings. The summed E-state index contributed by atoms with van der Waals surface area (Å²) in [5, 5.41) is 3.32. The monoisotopic (exact) mass is 233 g/mol. The van der Waals surface area contributed by atoms with Crippen molar-refractivity contribution >= 4 is 5.82 Å². The van der Waals surface area contributed by atoms with Crippen LogP contribution < -0.4 is 10.2 Å². The zero-order valence-corrected chi connectivity index (χ0v) is 10.9. The van der Waals surface area contributed by atoms with Crippen LogP contribution in [0.25, 0.3) is 0 Å². The molecule has 1 saturated carbocycles. The predicted octanol–water partition coefficient (Wildman–Crippen LogP) is 2.57. The highest BCUT2D eigenvalue weighted by atomic mass is 15.2. The van der Waals surface area contributed by atoms with Crippen molar-refractivity contribution in [3.8, 4) is 0 Å². The van der Waals surface area contributed by atoms with E-state index in [0.29, 0.717) is 0 Å². The van der Waals surface area contributed by atoms with Gasteiger partial charge in [-0.2, -0.15) is 0 Å². The zero-order valence-electron chi connectivity index (χ0n) is 10.9. The van der Waals surface area contributed by atoms with Gasteiger partial charge in [-0.05, 0) is 37.4 Å². The molecule has 3 heteroatoms. The third-order valence-corrected chi connectivity index (χ3v) is 3.13. The van der Waals surface area contributed by atoms with Crippen LogP contribution in [0.1, 0.15) is 38.7 Å². The van der Waals surface area contributed by atoms with Crippen LogP contribution in [0.3, 0.4) is 0 Å². The van der Waals surface area contributed by atoms with Crippen molar-refractivity contribution in [2.24, 2.45) is 0 Å². The van der Waals surface area contributed by atoms with Crippen LogP contribution in [0.4, 0.5) is 5.82 Å². The summed E-state index contributed by atoms with van der Waals surface area (Å²) in [4.78, 5) is 7.05. The highest BCUT2D eigenvalue weighted by Crippen LogP contribution is 2.30. The number of nitrogens with zero attached hydrogens (tertiary/aromatic N) is 2. The summed E-state index contributed by atoms with van der Waals surface area (Å²) >= 11 is 0. The van der Waals surface area contributed by atoms with Crippen molar-refractivity contribution in [2.75, 3.05) is 18.0 Å². The number of pyridine rings is 1. The Morgan fingerprint density at radius 2 is 2.18 bits per heavy atom. The molecule has 0 spiro atoms. The molecule has 1 aromatic heterocycles. The number of hydrogen-bond donors (Lipinski definition) is 1. The molecule has 0 saturated heterocycles. The molecule has 0 unspecified atom stereocenters. The van der Waals surface area contributed by atoms with Crippen LogP contribution in [0.2, 0.25) is 0 Å². The summed E-state index contributed by atoms with van der Waals surface area (Å²) < 4.78 is 0. The van der Waals surface area contributed by atoms with Gasteiger partial charge in [-0.25, -0.2) is 4.98 Å². The van der Waals surface area contributed by atoms with Crippen molar-refractivity contribution in [3.63, 3.8) is 0 Å². The Kier molecular flexibility index (Phi) is 4.37. The van der Waals surface area contributed by atoms with Gasteiger partial charge in [0.25, 0.3) is 0 Å². The smallest absolute Gasteiger partial charge is 0.128 e. The van der Waals surface area contributed by atoms with Crippen LogP contribution >= 0.6 is 0 Å². The van der Waals surface area contributed by atoms with E-state index < -0.39 is 0 Å². The van der Waals surface area contributed by atoms with E-state index in [-0.39, 0.29) is 0 Å². The van der Waals surface area contributed by atoms with Gasteiger partial charge >= 0.3 is 0 Å². The topological polar surface area (TPSA) is 28.2 Å². The minimum absolute atomic E-state index is 0.752. The second-order valence-electron chi connectivity index (χ2n) is 4.73. The Balaban J connectivity index is 1.99. The molecule has 0 bridgehead atoms. The third kappa shape index (κ3) is 3.43. The summed E-state index contributed by atoms with van der Waals surface area (Å²) in [6.07, 6.45) is 5.86. The number of aromatic nitrogens is 1. The van der Waals surface area contributed by atoms with Crippen molar-refractivity contribution in [2.45, 2.75) is 45.7 Å². The van der Waals surface area contributed by atoms with Gasteiger partial charge in [0.2, 0.25) is 0 Å². The van der Waals surface area contributed by atoms with Gasteiger partial charge in [0.15, 0.2) is 0 Å². The number of hydrogen-bond acceptors (Lipinski definition) is 3. The van der Waals surface area contributed by atoms with Gasteiger partial charge in [0.05, 0.1) is 0 Å². The van der Waals surface area contributed by atoms with Crippen LogP contribution in [0.15, 0.2) is 18.3 Å². The molecule has 1 heterocycles. The fourth-order valence-electron chi connectivity index (χ4n) is 2.07. The molecule has 0 radical (unpaired) electrons. The minimum Gasteiger partial charge on any atom is -0.354 e. The average molecular weight is 233 g/mol. The third-order valence-electron chi connectivity index (χ3n) is 3.13. The van der Waals surface area contributed by atoms with Gasteiger partial charge in [-0.3, -0.25) is 0 Å². The van der Waals surface area contributed by atoms with E-state index in [4.69, 9.17) is 0 Å². The van der Waals surface area contributed by atoms with Crippen molar-refractivity contribution in [3.05, 3.63) is 23.9 Å². The molecule has 1 aromatic rings. The van der Waals surface area contributed by atoms with Gasteiger partial charge in [-0.1, -0.05) is 19.9 Å². The van der Waals surface area contributed by atoms with Crippen LogP contribution in [0.5, 0.6) is 0 Å². The van der Waals surface area contributed by atoms with Crippen LogP contribution in [-0.2, 0) is 6.54 Å². The largest absolute Gasteiger partial charge is 0.354 e. The summed E-state index contributed by atoms with van der Waals surface area (Å²) in [7, 11) is 0. The maximum Gasteiger partial charge on any atom is 0.128 e. The first-order chi connectivity index (χ1) is 8.35. The molecule has 1 N–H and O–H groups in total. The maximum atomic E-state index is 4.60. The molecule has 3 nitrogen and oxygen atoms in total. The summed E-state index contributed by atoms with van der Waals surface area (Å²) in [5.41, 5.74) is 1.27. The van der Waals surface area contributed by atoms with E-state index in [2.05, 4.69) is 41.2 Å². The normalized spacial score (nSPS) is 14.9. The molecule has 0 aromatic carbocycles. The Morgan fingerprint density at radius 1 is 1.35 bits per heavy atom. The minimum atomic E-state index is 0.752. The van der Waals surface area contributed by atoms with Crippen molar-refractivity contribution in [1.29, 1.82) is 0 Å². The summed E-state index contributed by atoms with van der Waals surface area (Å²) in [5.74, 6) is 1.15. The molecule has 0 aliphatic heterocycles. The van der Waals surface area contributed by atoms with Gasteiger partial charge in [-0.15, -0.1) is 0 Å². The lowest BCUT2D eigenvalue weighted by molar-refractivity contribution is 0.720. The quantitative estimate of drug-likeness (QED) is 0.784. The Labute approximate surface area is 104 Å². The number of nitrogens with one attached hydrogen (secondary N) is 1. The van der Waals surface area contributed by atoms with E-state index in [0.717, 1.165) is 31.5 Å². The van der Waals surface area contributed by atoms with E-state index in [1.807, 2.05) is 6.20 Å². The first-order valence-corrected chi connectivity index (χ1v) is 6.77. The Morgan fingerprint density at radius 3 is 2.71 bits per heavy atom. The molecular weight excluding hydrogens is 210 g/mol. The van der Waals surface area contributed by atoms with E-state index >= 15 is 0 Å². The molecule has 1 fully saturated rings. The first-order valence-electron chi connectivity index (χ1n) is 6.77. The molecule has 17 heavy (non-hydrogen) atoms. The standard InChI is InChI=1S/C14H23N3/c1-3-9-17(13-6-7-13)14-8-5-12(11-16-14)10-15-4-2/h5,8,11,13,15H,3-4,6-7,9-10H2,1-2H3. The summed E-state index contributed by atoms with van der Waals surface area (Å²) in [6, 6.07) is 5.11. The van der Waals surface area contributed by atoms with Crippen LogP contribution in [-0.4, -0.2) is 24.1 Å². The van der Waals surface area contributed by atoms with E-state index in [9.17, 15) is 0 Å². The zero-order chi connectivity index (χ0) is 12.1. The van der Waals surface area contributed by atoms with E-state index in [1.165, 1.54) is 24.8 Å². The lowest BCUT2D eigenvalue weighted by Crippen LogP contribution is -2.27. The molecule has 0 atom stereocenters. The fraction of sp³-hybridized carbons (Fsp3) is 0.643. The molecule has 94 valence electrons. The summed E-state index contributed by atoms with van der Waals surface area (Å²) in [6.45, 7) is 7.41. The maximum absolute atomic E-state index is 4.60. The van der Waals surface area contributed by atoms with Gasteiger partial charge < -0.3 is 10.2 Å². The second kappa shape index (κ2) is 6.01. The highest BCUT2D eigenvalue weighted by molar-refractivity contribution is 5.42. The molecule has 1 aliphatic carbocycles. The fourth-order valence-corrected chi connectivity index (χ4v) is 2.07. The Hall–Kier alpha value is -1.09. The average Bonchev–Trinajstić information content (AvgIpc) is 3.18.